The molecule has 0 spiro atoms. The number of hydrogen-bond acceptors (Lipinski definition) is 3. The van der Waals surface area contributed by atoms with Crippen LogP contribution in [0.2, 0.25) is 0 Å². The summed E-state index contributed by atoms with van der Waals surface area (Å²) in [6.07, 6.45) is 4.74. The van der Waals surface area contributed by atoms with E-state index in [1.807, 2.05) is 37.3 Å². The molecule has 33 heavy (non-hydrogen) atoms. The van der Waals surface area contributed by atoms with E-state index in [2.05, 4.69) is 17.4 Å². The van der Waals surface area contributed by atoms with E-state index in [0.717, 1.165) is 35.5 Å². The molecular weight excluding hydrogens is 417 g/mol. The molecule has 1 amide bonds. The van der Waals surface area contributed by atoms with Crippen LogP contribution < -0.4 is 14.8 Å². The zero-order valence-corrected chi connectivity index (χ0v) is 19.0. The van der Waals surface area contributed by atoms with Crippen molar-refractivity contribution in [1.82, 2.24) is 5.32 Å². The summed E-state index contributed by atoms with van der Waals surface area (Å²) in [4.78, 5) is 12.7. The van der Waals surface area contributed by atoms with Gasteiger partial charge in [-0.1, -0.05) is 37.3 Å². The van der Waals surface area contributed by atoms with E-state index in [1.165, 1.54) is 36.1 Å². The molecule has 3 aromatic carbocycles. The van der Waals surface area contributed by atoms with E-state index in [-0.39, 0.29) is 11.7 Å². The highest BCUT2D eigenvalue weighted by Gasteiger charge is 2.19. The Morgan fingerprint density at radius 1 is 0.909 bits per heavy atom. The zero-order chi connectivity index (χ0) is 23.0. The van der Waals surface area contributed by atoms with Crippen molar-refractivity contribution < 1.29 is 18.7 Å². The minimum absolute atomic E-state index is 0.119. The maximum Gasteiger partial charge on any atom is 0.261 e. The van der Waals surface area contributed by atoms with Crippen LogP contribution in [0.5, 0.6) is 11.5 Å². The molecule has 1 atom stereocenters. The summed E-state index contributed by atoms with van der Waals surface area (Å²) in [6.45, 7) is 2.74. The average molecular weight is 448 g/mol. The Labute approximate surface area is 194 Å². The summed E-state index contributed by atoms with van der Waals surface area (Å²) in [5.74, 6) is 1.10. The Hall–Kier alpha value is -3.34. The molecule has 1 aliphatic carbocycles. The topological polar surface area (TPSA) is 47.6 Å². The van der Waals surface area contributed by atoms with Crippen LogP contribution in [-0.4, -0.2) is 12.0 Å². The van der Waals surface area contributed by atoms with Gasteiger partial charge in [0.2, 0.25) is 0 Å². The molecule has 172 valence electrons. The van der Waals surface area contributed by atoms with Gasteiger partial charge >= 0.3 is 0 Å². The number of carbonyl (C=O) groups excluding carboxylic acids is 1. The van der Waals surface area contributed by atoms with E-state index in [4.69, 9.17) is 9.47 Å². The summed E-state index contributed by atoms with van der Waals surface area (Å²) in [6, 6.07) is 20.0. The molecule has 0 aromatic heterocycles. The van der Waals surface area contributed by atoms with E-state index in [1.54, 1.807) is 12.1 Å². The van der Waals surface area contributed by atoms with Crippen molar-refractivity contribution in [2.24, 2.45) is 0 Å². The minimum atomic E-state index is -0.523. The van der Waals surface area contributed by atoms with Crippen molar-refractivity contribution in [2.75, 3.05) is 0 Å². The van der Waals surface area contributed by atoms with Crippen LogP contribution in [0.15, 0.2) is 66.7 Å². The first-order valence-corrected chi connectivity index (χ1v) is 11.6. The van der Waals surface area contributed by atoms with Crippen LogP contribution in [0.3, 0.4) is 0 Å². The van der Waals surface area contributed by atoms with Crippen molar-refractivity contribution in [1.29, 1.82) is 0 Å². The third-order valence-electron chi connectivity index (χ3n) is 5.97. The Morgan fingerprint density at radius 3 is 2.30 bits per heavy atom. The van der Waals surface area contributed by atoms with Gasteiger partial charge in [-0.05, 0) is 90.8 Å². The van der Waals surface area contributed by atoms with Gasteiger partial charge in [-0.2, -0.15) is 0 Å². The van der Waals surface area contributed by atoms with Crippen LogP contribution in [0, 0.1) is 5.82 Å². The van der Waals surface area contributed by atoms with Gasteiger partial charge in [0.1, 0.15) is 23.9 Å². The number of benzene rings is 3. The molecule has 0 aliphatic heterocycles. The number of aryl methyl sites for hydroxylation is 2. The fourth-order valence-corrected chi connectivity index (χ4v) is 4.02. The predicted molar refractivity (Wildman–Crippen MR) is 127 cm³/mol. The molecule has 0 saturated carbocycles. The number of nitrogens with one attached hydrogen (secondary N) is 1. The minimum Gasteiger partial charge on any atom is -0.489 e. The summed E-state index contributed by atoms with van der Waals surface area (Å²) in [7, 11) is 0. The van der Waals surface area contributed by atoms with Gasteiger partial charge in [-0.3, -0.25) is 4.79 Å². The normalized spacial score (nSPS) is 13.6. The van der Waals surface area contributed by atoms with E-state index in [9.17, 15) is 9.18 Å². The molecular formula is C28H30FNO3. The van der Waals surface area contributed by atoms with Gasteiger partial charge in [0.25, 0.3) is 5.91 Å². The lowest BCUT2D eigenvalue weighted by atomic mass is 9.92. The van der Waals surface area contributed by atoms with Crippen LogP contribution in [0.25, 0.3) is 0 Å². The highest BCUT2D eigenvalue weighted by atomic mass is 19.1. The lowest BCUT2D eigenvalue weighted by molar-refractivity contribution is -0.128. The van der Waals surface area contributed by atoms with Crippen LogP contribution in [-0.2, 0) is 30.8 Å². The van der Waals surface area contributed by atoms with E-state index >= 15 is 0 Å². The van der Waals surface area contributed by atoms with Crippen molar-refractivity contribution in [3.63, 3.8) is 0 Å². The van der Waals surface area contributed by atoms with Crippen molar-refractivity contribution in [3.8, 4) is 11.5 Å². The standard InChI is InChI=1S/C28H30FNO3/c1-2-27(33-26-16-11-22-5-3-4-6-23(22)17-26)28(31)30-18-20-9-14-25(15-10-20)32-19-21-7-12-24(29)13-8-21/h7-17,27H,2-6,18-19H2,1H3,(H,30,31). The second kappa shape index (κ2) is 11.0. The third kappa shape index (κ3) is 6.35. The lowest BCUT2D eigenvalue weighted by Crippen LogP contribution is -2.37. The molecule has 4 rings (SSSR count). The molecule has 4 nitrogen and oxygen atoms in total. The molecule has 5 heteroatoms. The van der Waals surface area contributed by atoms with Gasteiger partial charge in [0.05, 0.1) is 0 Å². The van der Waals surface area contributed by atoms with Gasteiger partial charge in [0.15, 0.2) is 6.10 Å². The zero-order valence-electron chi connectivity index (χ0n) is 19.0. The number of amides is 1. The summed E-state index contributed by atoms with van der Waals surface area (Å²) in [5.41, 5.74) is 4.62. The number of fused-ring (bicyclic) bond motifs is 1. The lowest BCUT2D eigenvalue weighted by Gasteiger charge is -2.20. The van der Waals surface area contributed by atoms with Crippen molar-refractivity contribution >= 4 is 5.91 Å². The number of ether oxygens (including phenoxy) is 2. The molecule has 0 heterocycles. The predicted octanol–water partition coefficient (Wildman–Crippen LogP) is 5.76. The van der Waals surface area contributed by atoms with Crippen LogP contribution in [0.1, 0.15) is 48.4 Å². The monoisotopic (exact) mass is 447 g/mol. The Morgan fingerprint density at radius 2 is 1.58 bits per heavy atom. The van der Waals surface area contributed by atoms with Gasteiger partial charge in [-0.15, -0.1) is 0 Å². The summed E-state index contributed by atoms with van der Waals surface area (Å²) < 4.78 is 24.8. The SMILES string of the molecule is CCC(Oc1ccc2c(c1)CCCC2)C(=O)NCc1ccc(OCc2ccc(F)cc2)cc1. The number of rotatable bonds is 9. The Bertz CT molecular complexity index is 1060. The van der Waals surface area contributed by atoms with Crippen molar-refractivity contribution in [3.05, 3.63) is 94.8 Å². The summed E-state index contributed by atoms with van der Waals surface area (Å²) >= 11 is 0. The van der Waals surface area contributed by atoms with E-state index in [0.29, 0.717) is 19.6 Å². The number of halogens is 1. The van der Waals surface area contributed by atoms with Crippen LogP contribution in [0.4, 0.5) is 4.39 Å². The molecule has 1 aliphatic rings. The number of hydrogen-bond donors (Lipinski definition) is 1. The molecule has 0 fully saturated rings. The molecule has 0 radical (unpaired) electrons. The second-order valence-corrected chi connectivity index (χ2v) is 8.43. The van der Waals surface area contributed by atoms with Gasteiger partial charge in [-0.25, -0.2) is 4.39 Å². The fourth-order valence-electron chi connectivity index (χ4n) is 4.02. The smallest absolute Gasteiger partial charge is 0.261 e. The highest BCUT2D eigenvalue weighted by molar-refractivity contribution is 5.81. The molecule has 0 bridgehead atoms. The molecule has 3 aromatic rings. The fraction of sp³-hybridized carbons (Fsp3) is 0.321. The molecule has 1 N–H and O–H groups in total. The first-order valence-electron chi connectivity index (χ1n) is 11.6. The van der Waals surface area contributed by atoms with E-state index < -0.39 is 6.10 Å². The Balaban J connectivity index is 1.26. The quantitative estimate of drug-likeness (QED) is 0.454. The molecule has 0 saturated heterocycles. The maximum absolute atomic E-state index is 13.0. The van der Waals surface area contributed by atoms with Crippen molar-refractivity contribution in [2.45, 2.75) is 58.3 Å². The van der Waals surface area contributed by atoms with Gasteiger partial charge < -0.3 is 14.8 Å². The van der Waals surface area contributed by atoms with Gasteiger partial charge in [0, 0.05) is 6.54 Å². The average Bonchev–Trinajstić information content (AvgIpc) is 2.86. The second-order valence-electron chi connectivity index (χ2n) is 8.43. The highest BCUT2D eigenvalue weighted by Crippen LogP contribution is 2.26. The Kier molecular flexibility index (Phi) is 7.61. The first kappa shape index (κ1) is 22.8. The molecule has 1 unspecified atom stereocenters. The van der Waals surface area contributed by atoms with Crippen LogP contribution >= 0.6 is 0 Å². The third-order valence-corrected chi connectivity index (χ3v) is 5.97. The largest absolute Gasteiger partial charge is 0.489 e. The summed E-state index contributed by atoms with van der Waals surface area (Å²) in [5, 5.41) is 2.97. The first-order chi connectivity index (χ1) is 16.1. The maximum atomic E-state index is 13.0. The number of carbonyl (C=O) groups is 1.